The third-order valence-electron chi connectivity index (χ3n) is 2.60. The summed E-state index contributed by atoms with van der Waals surface area (Å²) < 4.78 is 0. The zero-order chi connectivity index (χ0) is 13.4. The van der Waals surface area contributed by atoms with E-state index in [9.17, 15) is 10.2 Å². The molecule has 18 heavy (non-hydrogen) atoms. The summed E-state index contributed by atoms with van der Waals surface area (Å²) in [5, 5.41) is 20.4. The molecule has 0 radical (unpaired) electrons. The number of aliphatic hydroxyl groups excluding tert-OH is 2. The standard InChI is InChI=1S/C12H8Cl4O2/c13-5-1-2-8(14)6(3-5)7-4-9(15)11(17)12(18)10(7)16/h1-4,11-12,17-18H. The van der Waals surface area contributed by atoms with E-state index < -0.39 is 12.2 Å². The summed E-state index contributed by atoms with van der Waals surface area (Å²) in [6.07, 6.45) is -1.02. The van der Waals surface area contributed by atoms with Crippen molar-refractivity contribution in [1.29, 1.82) is 0 Å². The van der Waals surface area contributed by atoms with Crippen molar-refractivity contribution >= 4 is 52.0 Å². The maximum Gasteiger partial charge on any atom is 0.121 e. The lowest BCUT2D eigenvalue weighted by Gasteiger charge is -2.24. The highest BCUT2D eigenvalue weighted by Crippen LogP contribution is 2.38. The van der Waals surface area contributed by atoms with Gasteiger partial charge in [0.25, 0.3) is 0 Å². The molecule has 0 fully saturated rings. The van der Waals surface area contributed by atoms with Gasteiger partial charge in [0.1, 0.15) is 12.2 Å². The van der Waals surface area contributed by atoms with Crippen LogP contribution in [0.15, 0.2) is 34.3 Å². The third-order valence-corrected chi connectivity index (χ3v) is 3.92. The molecule has 0 aromatic heterocycles. The van der Waals surface area contributed by atoms with E-state index in [0.717, 1.165) is 0 Å². The van der Waals surface area contributed by atoms with Gasteiger partial charge >= 0.3 is 0 Å². The Kier molecular flexibility index (Phi) is 4.27. The molecule has 2 N–H and O–H groups in total. The largest absolute Gasteiger partial charge is 0.384 e. The van der Waals surface area contributed by atoms with Crippen LogP contribution in [-0.2, 0) is 0 Å². The number of aliphatic hydroxyl groups is 2. The molecule has 0 saturated carbocycles. The fourth-order valence-corrected chi connectivity index (χ4v) is 2.55. The molecule has 0 amide bonds. The van der Waals surface area contributed by atoms with E-state index in [1.807, 2.05) is 0 Å². The van der Waals surface area contributed by atoms with Crippen LogP contribution in [0.5, 0.6) is 0 Å². The van der Waals surface area contributed by atoms with Gasteiger partial charge in [-0.1, -0.05) is 46.4 Å². The molecule has 1 aliphatic carbocycles. The molecule has 1 aromatic rings. The zero-order valence-corrected chi connectivity index (χ0v) is 11.9. The van der Waals surface area contributed by atoms with Crippen molar-refractivity contribution in [1.82, 2.24) is 0 Å². The number of rotatable bonds is 1. The summed E-state index contributed by atoms with van der Waals surface area (Å²) in [6.45, 7) is 0. The molecule has 1 aliphatic rings. The lowest BCUT2D eigenvalue weighted by atomic mass is 9.96. The van der Waals surface area contributed by atoms with Crippen LogP contribution in [0.25, 0.3) is 5.57 Å². The molecule has 0 heterocycles. The van der Waals surface area contributed by atoms with Crippen LogP contribution < -0.4 is 0 Å². The maximum atomic E-state index is 9.77. The van der Waals surface area contributed by atoms with Crippen LogP contribution in [0.1, 0.15) is 5.56 Å². The van der Waals surface area contributed by atoms with Crippen LogP contribution in [0, 0.1) is 0 Å². The maximum absolute atomic E-state index is 9.77. The molecule has 1 aromatic carbocycles. The van der Waals surface area contributed by atoms with Gasteiger partial charge in [-0.05, 0) is 24.3 Å². The van der Waals surface area contributed by atoms with E-state index in [-0.39, 0.29) is 10.1 Å². The van der Waals surface area contributed by atoms with Crippen molar-refractivity contribution in [2.45, 2.75) is 12.2 Å². The Labute approximate surface area is 124 Å². The van der Waals surface area contributed by atoms with Crippen molar-refractivity contribution in [2.75, 3.05) is 0 Å². The third kappa shape index (κ3) is 2.55. The Morgan fingerprint density at radius 1 is 0.944 bits per heavy atom. The van der Waals surface area contributed by atoms with Crippen molar-refractivity contribution in [3.05, 3.63) is 49.9 Å². The van der Waals surface area contributed by atoms with Crippen molar-refractivity contribution in [3.63, 3.8) is 0 Å². The molecule has 2 nitrogen and oxygen atoms in total. The normalized spacial score (nSPS) is 24.2. The van der Waals surface area contributed by atoms with E-state index >= 15 is 0 Å². The molecular weight excluding hydrogens is 318 g/mol. The summed E-state index contributed by atoms with van der Waals surface area (Å²) in [7, 11) is 0. The number of hydrogen-bond donors (Lipinski definition) is 2. The van der Waals surface area contributed by atoms with Gasteiger partial charge in [0.15, 0.2) is 0 Å². The first kappa shape index (κ1) is 14.2. The minimum atomic E-state index is -1.27. The molecule has 2 unspecified atom stereocenters. The van der Waals surface area contributed by atoms with Gasteiger partial charge in [-0.3, -0.25) is 0 Å². The Hall–Kier alpha value is -0.220. The first-order chi connectivity index (χ1) is 8.41. The molecule has 2 atom stereocenters. The number of allylic oxidation sites excluding steroid dienone is 2. The van der Waals surface area contributed by atoms with Crippen molar-refractivity contribution in [2.24, 2.45) is 0 Å². The van der Waals surface area contributed by atoms with Crippen LogP contribution in [0.4, 0.5) is 0 Å². The predicted molar refractivity (Wildman–Crippen MR) is 75.2 cm³/mol. The minimum Gasteiger partial charge on any atom is -0.384 e. The molecule has 0 aliphatic heterocycles. The topological polar surface area (TPSA) is 40.5 Å². The second-order valence-electron chi connectivity index (χ2n) is 3.80. The Morgan fingerprint density at radius 3 is 2.28 bits per heavy atom. The van der Waals surface area contributed by atoms with Gasteiger partial charge in [0.05, 0.1) is 10.1 Å². The molecule has 0 spiro atoms. The first-order valence-corrected chi connectivity index (χ1v) is 6.51. The number of halogens is 4. The molecule has 6 heteroatoms. The van der Waals surface area contributed by atoms with E-state index in [4.69, 9.17) is 46.4 Å². The molecule has 0 saturated heterocycles. The van der Waals surface area contributed by atoms with E-state index in [1.165, 1.54) is 6.08 Å². The van der Waals surface area contributed by atoms with Gasteiger partial charge in [0, 0.05) is 21.2 Å². The summed E-state index contributed by atoms with van der Waals surface area (Å²) in [5.74, 6) is 0. The minimum absolute atomic E-state index is 0.0797. The van der Waals surface area contributed by atoms with Crippen LogP contribution >= 0.6 is 46.4 Å². The van der Waals surface area contributed by atoms with Gasteiger partial charge in [-0.15, -0.1) is 0 Å². The van der Waals surface area contributed by atoms with Crippen molar-refractivity contribution < 1.29 is 10.2 Å². The fourth-order valence-electron chi connectivity index (χ4n) is 1.65. The second kappa shape index (κ2) is 5.41. The molecule has 0 bridgehead atoms. The molecule has 2 rings (SSSR count). The van der Waals surface area contributed by atoms with E-state index in [1.54, 1.807) is 18.2 Å². The monoisotopic (exact) mass is 324 g/mol. The highest BCUT2D eigenvalue weighted by molar-refractivity contribution is 6.39. The number of hydrogen-bond acceptors (Lipinski definition) is 2. The fraction of sp³-hybridized carbons (Fsp3) is 0.167. The summed E-state index contributed by atoms with van der Waals surface area (Å²) in [6, 6.07) is 4.88. The van der Waals surface area contributed by atoms with Crippen LogP contribution in [0.2, 0.25) is 10.0 Å². The van der Waals surface area contributed by atoms with Crippen LogP contribution in [0.3, 0.4) is 0 Å². The smallest absolute Gasteiger partial charge is 0.121 e. The van der Waals surface area contributed by atoms with Gasteiger partial charge in [-0.2, -0.15) is 0 Å². The van der Waals surface area contributed by atoms with E-state index in [2.05, 4.69) is 0 Å². The van der Waals surface area contributed by atoms with Gasteiger partial charge in [-0.25, -0.2) is 0 Å². The number of benzene rings is 1. The Bertz CT molecular complexity index is 551. The van der Waals surface area contributed by atoms with Crippen molar-refractivity contribution in [3.8, 4) is 0 Å². The predicted octanol–water partition coefficient (Wildman–Crippen LogP) is 3.80. The van der Waals surface area contributed by atoms with Gasteiger partial charge < -0.3 is 10.2 Å². The summed E-state index contributed by atoms with van der Waals surface area (Å²) in [4.78, 5) is 0. The Morgan fingerprint density at radius 2 is 1.61 bits per heavy atom. The first-order valence-electron chi connectivity index (χ1n) is 5.00. The highest BCUT2D eigenvalue weighted by Gasteiger charge is 2.30. The highest BCUT2D eigenvalue weighted by atomic mass is 35.5. The summed E-state index contributed by atoms with van der Waals surface area (Å²) >= 11 is 23.8. The quantitative estimate of drug-likeness (QED) is 0.824. The van der Waals surface area contributed by atoms with E-state index in [0.29, 0.717) is 21.2 Å². The lowest BCUT2D eigenvalue weighted by Crippen LogP contribution is -2.29. The molecule has 96 valence electrons. The SMILES string of the molecule is OC1C(Cl)=CC(c2cc(Cl)ccc2Cl)=C(Cl)C1O. The lowest BCUT2D eigenvalue weighted by molar-refractivity contribution is 0.0740. The Balaban J connectivity index is 2.60. The second-order valence-corrected chi connectivity index (χ2v) is 5.49. The van der Waals surface area contributed by atoms with Crippen LogP contribution in [-0.4, -0.2) is 22.4 Å². The average molecular weight is 326 g/mol. The molecular formula is C12H8Cl4O2. The zero-order valence-electron chi connectivity index (χ0n) is 8.87. The van der Waals surface area contributed by atoms with Gasteiger partial charge in [0.2, 0.25) is 0 Å². The summed E-state index contributed by atoms with van der Waals surface area (Å²) in [5.41, 5.74) is 1.00. The average Bonchev–Trinajstić information content (AvgIpc) is 2.34.